The fourth-order valence-electron chi connectivity index (χ4n) is 5.32. The van der Waals surface area contributed by atoms with Crippen LogP contribution in [0.5, 0.6) is 11.5 Å². The molecule has 0 spiro atoms. The van der Waals surface area contributed by atoms with Crippen molar-refractivity contribution in [1.29, 1.82) is 0 Å². The summed E-state index contributed by atoms with van der Waals surface area (Å²) >= 11 is 0. The lowest BCUT2D eigenvalue weighted by Crippen LogP contribution is -2.19. The van der Waals surface area contributed by atoms with Gasteiger partial charge in [-0.05, 0) is 58.9 Å². The van der Waals surface area contributed by atoms with E-state index >= 15 is 0 Å². The smallest absolute Gasteiger partial charge is 0.138 e. The average Bonchev–Trinajstić information content (AvgIpc) is 3.52. The maximum atomic E-state index is 6.44. The molecule has 6 aliphatic rings. The molecule has 2 nitrogen and oxygen atoms in total. The molecule has 0 N–H and O–H groups in total. The van der Waals surface area contributed by atoms with Crippen LogP contribution in [0.15, 0.2) is 59.1 Å². The average molecular weight is 328 g/mol. The molecule has 0 radical (unpaired) electrons. The third-order valence-electron chi connectivity index (χ3n) is 7.05. The van der Waals surface area contributed by atoms with Crippen LogP contribution in [0.4, 0.5) is 0 Å². The van der Waals surface area contributed by atoms with Crippen molar-refractivity contribution >= 4 is 0 Å². The summed E-state index contributed by atoms with van der Waals surface area (Å²) in [6.07, 6.45) is 12.7. The first-order valence-corrected chi connectivity index (χ1v) is 9.61. The summed E-state index contributed by atoms with van der Waals surface area (Å²) in [7, 11) is 0. The predicted octanol–water partition coefficient (Wildman–Crippen LogP) is 4.72. The maximum Gasteiger partial charge on any atom is 0.138 e. The molecule has 2 fully saturated rings. The minimum Gasteiger partial charge on any atom is -0.461 e. The van der Waals surface area contributed by atoms with Crippen molar-refractivity contribution in [3.05, 3.63) is 70.2 Å². The van der Waals surface area contributed by atoms with Gasteiger partial charge in [0.1, 0.15) is 23.0 Å². The molecule has 0 saturated heterocycles. The first-order valence-electron chi connectivity index (χ1n) is 9.61. The van der Waals surface area contributed by atoms with E-state index in [9.17, 15) is 0 Å². The fraction of sp³-hybridized carbons (Fsp3) is 0.391. The number of hydrogen-bond acceptors (Lipinski definition) is 2. The lowest BCUT2D eigenvalue weighted by molar-refractivity contribution is 0.351. The third kappa shape index (κ3) is 1.65. The van der Waals surface area contributed by atoms with E-state index in [2.05, 4.69) is 43.4 Å². The summed E-state index contributed by atoms with van der Waals surface area (Å²) < 4.78 is 12.8. The first-order chi connectivity index (χ1) is 12.3. The van der Waals surface area contributed by atoms with E-state index in [1.165, 1.54) is 34.5 Å². The Morgan fingerprint density at radius 2 is 1.96 bits per heavy atom. The molecule has 5 atom stereocenters. The van der Waals surface area contributed by atoms with Crippen LogP contribution in [0.2, 0.25) is 0 Å². The second-order valence-corrected chi connectivity index (χ2v) is 8.59. The van der Waals surface area contributed by atoms with Gasteiger partial charge in [0.2, 0.25) is 0 Å². The molecule has 5 unspecified atom stereocenters. The number of allylic oxidation sites excluding steroid dienone is 7. The van der Waals surface area contributed by atoms with Gasteiger partial charge in [0.05, 0.1) is 0 Å². The number of hydrogen-bond donors (Lipinski definition) is 0. The number of rotatable bonds is 0. The topological polar surface area (TPSA) is 18.5 Å². The number of fused-ring (bicyclic) bond motifs is 7. The van der Waals surface area contributed by atoms with E-state index in [4.69, 9.17) is 9.47 Å². The van der Waals surface area contributed by atoms with Crippen molar-refractivity contribution < 1.29 is 9.47 Å². The molecule has 0 amide bonds. The Morgan fingerprint density at radius 1 is 1.04 bits per heavy atom. The molecule has 4 aliphatic carbocycles. The Balaban J connectivity index is 1.32. The Hall–Kier alpha value is -2.22. The number of benzene rings is 1. The Morgan fingerprint density at radius 3 is 2.92 bits per heavy atom. The molecule has 2 heteroatoms. The van der Waals surface area contributed by atoms with Crippen molar-refractivity contribution in [3.8, 4) is 11.5 Å². The molecule has 2 saturated carbocycles. The third-order valence-corrected chi connectivity index (χ3v) is 7.05. The highest BCUT2D eigenvalue weighted by atomic mass is 16.5. The van der Waals surface area contributed by atoms with Crippen molar-refractivity contribution in [3.63, 3.8) is 0 Å². The summed E-state index contributed by atoms with van der Waals surface area (Å²) in [5, 5.41) is 0. The molecule has 25 heavy (non-hydrogen) atoms. The summed E-state index contributed by atoms with van der Waals surface area (Å²) in [5.41, 5.74) is 5.29. The minimum absolute atomic E-state index is 0.604. The van der Waals surface area contributed by atoms with E-state index < -0.39 is 0 Å². The molecule has 0 bridgehead atoms. The zero-order valence-electron chi connectivity index (χ0n) is 14.3. The zero-order valence-corrected chi connectivity index (χ0v) is 14.3. The molecular weight excluding hydrogens is 308 g/mol. The van der Waals surface area contributed by atoms with E-state index in [1.807, 2.05) is 0 Å². The van der Waals surface area contributed by atoms with E-state index in [-0.39, 0.29) is 0 Å². The van der Waals surface area contributed by atoms with Crippen molar-refractivity contribution in [2.45, 2.75) is 26.2 Å². The number of ether oxygens (including phenoxy) is 2. The van der Waals surface area contributed by atoms with E-state index in [0.717, 1.165) is 47.9 Å². The van der Waals surface area contributed by atoms with Gasteiger partial charge in [-0.25, -0.2) is 0 Å². The van der Waals surface area contributed by atoms with Gasteiger partial charge >= 0.3 is 0 Å². The van der Waals surface area contributed by atoms with Crippen molar-refractivity contribution in [2.75, 3.05) is 0 Å². The normalized spacial score (nSPS) is 37.7. The van der Waals surface area contributed by atoms with Crippen LogP contribution in [-0.4, -0.2) is 0 Å². The predicted molar refractivity (Wildman–Crippen MR) is 95.2 cm³/mol. The van der Waals surface area contributed by atoms with Gasteiger partial charge in [0.25, 0.3) is 0 Å². The lowest BCUT2D eigenvalue weighted by Gasteiger charge is -2.31. The van der Waals surface area contributed by atoms with Crippen molar-refractivity contribution in [2.24, 2.45) is 29.6 Å². The molecule has 1 aromatic rings. The molecule has 1 aromatic carbocycles. The fourth-order valence-corrected chi connectivity index (χ4v) is 5.32. The van der Waals surface area contributed by atoms with Crippen LogP contribution in [0.25, 0.3) is 0 Å². The van der Waals surface area contributed by atoms with Crippen LogP contribution in [0.1, 0.15) is 24.5 Å². The van der Waals surface area contributed by atoms with Crippen molar-refractivity contribution in [1.82, 2.24) is 0 Å². The molecule has 2 heterocycles. The molecule has 7 rings (SSSR count). The zero-order chi connectivity index (χ0) is 16.3. The monoisotopic (exact) mass is 328 g/mol. The van der Waals surface area contributed by atoms with Gasteiger partial charge in [0, 0.05) is 24.3 Å². The van der Waals surface area contributed by atoms with Gasteiger partial charge in [-0.2, -0.15) is 0 Å². The second-order valence-electron chi connectivity index (χ2n) is 8.59. The first kappa shape index (κ1) is 13.0. The molecule has 124 valence electrons. The Kier molecular flexibility index (Phi) is 2.15. The molecular formula is C23H20O2. The van der Waals surface area contributed by atoms with Crippen LogP contribution < -0.4 is 9.47 Å². The maximum absolute atomic E-state index is 6.44. The van der Waals surface area contributed by atoms with Gasteiger partial charge in [-0.3, -0.25) is 0 Å². The highest BCUT2D eigenvalue weighted by molar-refractivity contribution is 5.61. The quantitative estimate of drug-likeness (QED) is 0.686. The minimum atomic E-state index is 0.604. The van der Waals surface area contributed by atoms with Gasteiger partial charge in [-0.1, -0.05) is 31.2 Å². The van der Waals surface area contributed by atoms with E-state index in [1.54, 1.807) is 0 Å². The highest BCUT2D eigenvalue weighted by Crippen LogP contribution is 2.58. The lowest BCUT2D eigenvalue weighted by atomic mass is 9.89. The van der Waals surface area contributed by atoms with Gasteiger partial charge in [-0.15, -0.1) is 0 Å². The SMILES string of the molecule is CC1C2C=CC3=C(Oc4ccc5c(c4C3)OC3=CC4CC4C=C3C5)C12. The Bertz CT molecular complexity index is 974. The summed E-state index contributed by atoms with van der Waals surface area (Å²) in [5.74, 6) is 7.93. The second kappa shape index (κ2) is 4.12. The Labute approximate surface area is 147 Å². The van der Waals surface area contributed by atoms with E-state index in [0.29, 0.717) is 11.8 Å². The van der Waals surface area contributed by atoms with Crippen LogP contribution in [0.3, 0.4) is 0 Å². The van der Waals surface area contributed by atoms with Crippen LogP contribution in [-0.2, 0) is 12.8 Å². The largest absolute Gasteiger partial charge is 0.461 e. The van der Waals surface area contributed by atoms with Crippen LogP contribution >= 0.6 is 0 Å². The molecule has 0 aromatic heterocycles. The standard InChI is InChI=1S/C23H20O2/c1-11-17-4-2-13-9-18-19(24-23(13)21(11)17)5-3-12-6-16-8-14-7-15(14)10-20(16)25-22(12)18/h2-5,8,10-11,14-15,17,21H,6-7,9H2,1H3. The summed E-state index contributed by atoms with van der Waals surface area (Å²) in [6.45, 7) is 2.33. The van der Waals surface area contributed by atoms with Crippen LogP contribution in [0, 0.1) is 29.6 Å². The van der Waals surface area contributed by atoms with Gasteiger partial charge < -0.3 is 9.47 Å². The highest BCUT2D eigenvalue weighted by Gasteiger charge is 2.52. The molecule has 2 aliphatic heterocycles. The summed E-state index contributed by atoms with van der Waals surface area (Å²) in [4.78, 5) is 0. The van der Waals surface area contributed by atoms with Gasteiger partial charge in [0.15, 0.2) is 0 Å². The summed E-state index contributed by atoms with van der Waals surface area (Å²) in [6, 6.07) is 4.38.